The second-order valence-corrected chi connectivity index (χ2v) is 9.84. The van der Waals surface area contributed by atoms with E-state index in [1.807, 2.05) is 18.2 Å². The van der Waals surface area contributed by atoms with Crippen LogP contribution in [-0.4, -0.2) is 37.1 Å². The first-order chi connectivity index (χ1) is 13.7. The molecule has 2 aromatic rings. The predicted molar refractivity (Wildman–Crippen MR) is 129 cm³/mol. The van der Waals surface area contributed by atoms with Crippen molar-refractivity contribution in [3.05, 3.63) is 59.9 Å². The van der Waals surface area contributed by atoms with Gasteiger partial charge in [-0.25, -0.2) is 0 Å². The van der Waals surface area contributed by atoms with Gasteiger partial charge in [0.1, 0.15) is 0 Å². The van der Waals surface area contributed by atoms with Gasteiger partial charge in [0.05, 0.1) is 6.10 Å². The smallest absolute Gasteiger partial charge is 0.299 e. The minimum atomic E-state index is -3.53. The third-order valence-electron chi connectivity index (χ3n) is 4.95. The Balaban J connectivity index is 0.00000240. The van der Waals surface area contributed by atoms with E-state index in [9.17, 15) is 13.5 Å². The second-order valence-electron chi connectivity index (χ2n) is 8.34. The zero-order valence-electron chi connectivity index (χ0n) is 17.7. The fourth-order valence-corrected chi connectivity index (χ4v) is 4.04. The molecule has 1 atom stereocenters. The van der Waals surface area contributed by atoms with E-state index in [1.54, 1.807) is 30.6 Å². The lowest BCUT2D eigenvalue weighted by molar-refractivity contribution is 0.160. The van der Waals surface area contributed by atoms with Gasteiger partial charge in [-0.05, 0) is 62.8 Å². The normalized spacial score (nSPS) is 14.8. The van der Waals surface area contributed by atoms with Crippen LogP contribution in [0.25, 0.3) is 0 Å². The molecule has 1 fully saturated rings. The summed E-state index contributed by atoms with van der Waals surface area (Å²) in [5.74, 6) is 0.486. The summed E-state index contributed by atoms with van der Waals surface area (Å²) in [7, 11) is -3.53. The number of nitrogens with zero attached hydrogens (tertiary/aromatic N) is 1. The molecule has 174 valence electrons. The summed E-state index contributed by atoms with van der Waals surface area (Å²) in [4.78, 5) is 4.03. The van der Waals surface area contributed by atoms with Gasteiger partial charge in [0.15, 0.2) is 0 Å². The Morgan fingerprint density at radius 3 is 2.42 bits per heavy atom. The molecule has 0 unspecified atom stereocenters. The molecule has 1 aliphatic rings. The summed E-state index contributed by atoms with van der Waals surface area (Å²) < 4.78 is 29.2. The third-order valence-corrected chi connectivity index (χ3v) is 6.01. The summed E-state index contributed by atoms with van der Waals surface area (Å²) in [6.45, 7) is 5.06. The largest absolute Gasteiger partial charge is 0.387 e. The molecule has 0 amide bonds. The van der Waals surface area contributed by atoms with Crippen LogP contribution in [0.1, 0.15) is 43.9 Å². The molecule has 7 nitrogen and oxygen atoms in total. The van der Waals surface area contributed by atoms with Crippen molar-refractivity contribution in [3.63, 3.8) is 0 Å². The highest BCUT2D eigenvalue weighted by Crippen LogP contribution is 2.27. The van der Waals surface area contributed by atoms with Gasteiger partial charge in [0.2, 0.25) is 0 Å². The number of aliphatic hydroxyl groups excluding tert-OH is 1. The van der Waals surface area contributed by atoms with Gasteiger partial charge < -0.3 is 10.4 Å². The van der Waals surface area contributed by atoms with Gasteiger partial charge in [-0.2, -0.15) is 13.1 Å². The average molecular weight is 491 g/mol. The van der Waals surface area contributed by atoms with Crippen molar-refractivity contribution in [1.29, 1.82) is 0 Å². The van der Waals surface area contributed by atoms with E-state index in [4.69, 9.17) is 0 Å². The van der Waals surface area contributed by atoms with E-state index in [2.05, 4.69) is 33.6 Å². The van der Waals surface area contributed by atoms with Crippen LogP contribution in [0.4, 0.5) is 5.69 Å². The summed E-state index contributed by atoms with van der Waals surface area (Å²) in [5, 5.41) is 13.7. The number of rotatable bonds is 11. The Bertz CT molecular complexity index is 893. The van der Waals surface area contributed by atoms with E-state index >= 15 is 0 Å². The second kappa shape index (κ2) is 12.0. The molecular formula is C21H32Cl2N4O3S. The molecule has 0 saturated heterocycles. The monoisotopic (exact) mass is 490 g/mol. The number of hydrogen-bond donors (Lipinski definition) is 4. The Morgan fingerprint density at radius 2 is 1.84 bits per heavy atom. The van der Waals surface area contributed by atoms with Crippen LogP contribution in [-0.2, 0) is 16.6 Å². The number of aliphatic hydroxyl groups is 1. The maximum atomic E-state index is 12.1. The van der Waals surface area contributed by atoms with E-state index in [-0.39, 0.29) is 30.4 Å². The summed E-state index contributed by atoms with van der Waals surface area (Å²) >= 11 is 0. The molecule has 4 N–H and O–H groups in total. The van der Waals surface area contributed by atoms with Gasteiger partial charge in [-0.1, -0.05) is 18.2 Å². The molecule has 0 bridgehead atoms. The van der Waals surface area contributed by atoms with Crippen LogP contribution < -0.4 is 14.8 Å². The van der Waals surface area contributed by atoms with E-state index in [0.717, 1.165) is 30.4 Å². The number of β-amino-alcohol motifs (C(OH)–C–C–N with tert-alkyl or cyclic N) is 1. The minimum absolute atomic E-state index is 0. The van der Waals surface area contributed by atoms with Gasteiger partial charge in [0, 0.05) is 42.3 Å². The number of benzene rings is 1. The fourth-order valence-electron chi connectivity index (χ4n) is 3.07. The molecule has 1 aromatic heterocycles. The van der Waals surface area contributed by atoms with Crippen LogP contribution in [0.15, 0.2) is 48.8 Å². The Hall–Kier alpha value is -1.42. The highest BCUT2D eigenvalue weighted by Gasteiger charge is 2.23. The Labute approximate surface area is 197 Å². The highest BCUT2D eigenvalue weighted by atomic mass is 35.5. The van der Waals surface area contributed by atoms with Crippen molar-refractivity contribution in [2.24, 2.45) is 5.92 Å². The van der Waals surface area contributed by atoms with Crippen LogP contribution in [0, 0.1) is 5.92 Å². The highest BCUT2D eigenvalue weighted by molar-refractivity contribution is 7.90. The first-order valence-electron chi connectivity index (χ1n) is 9.92. The molecule has 0 radical (unpaired) electrons. The van der Waals surface area contributed by atoms with Crippen molar-refractivity contribution in [1.82, 2.24) is 15.0 Å². The molecule has 0 spiro atoms. The molecule has 1 saturated carbocycles. The lowest BCUT2D eigenvalue weighted by Gasteiger charge is -2.28. The molecule has 1 aromatic carbocycles. The molecular weight excluding hydrogens is 459 g/mol. The van der Waals surface area contributed by atoms with Crippen molar-refractivity contribution in [3.8, 4) is 0 Å². The number of halogens is 2. The zero-order valence-corrected chi connectivity index (χ0v) is 20.2. The van der Waals surface area contributed by atoms with E-state index < -0.39 is 16.3 Å². The van der Waals surface area contributed by atoms with Gasteiger partial charge in [0.25, 0.3) is 10.2 Å². The zero-order chi connectivity index (χ0) is 20.9. The summed E-state index contributed by atoms with van der Waals surface area (Å²) in [6, 6.07) is 11.0. The van der Waals surface area contributed by atoms with Gasteiger partial charge >= 0.3 is 0 Å². The molecule has 0 aliphatic heterocycles. The van der Waals surface area contributed by atoms with Crippen molar-refractivity contribution in [2.75, 3.05) is 17.8 Å². The van der Waals surface area contributed by atoms with Crippen LogP contribution in [0.5, 0.6) is 0 Å². The molecule has 1 aliphatic carbocycles. The minimum Gasteiger partial charge on any atom is -0.387 e. The van der Waals surface area contributed by atoms with Crippen LogP contribution >= 0.6 is 24.8 Å². The maximum Gasteiger partial charge on any atom is 0.299 e. The fraction of sp³-hybridized carbons (Fsp3) is 0.476. The third kappa shape index (κ3) is 9.72. The first-order valence-corrected chi connectivity index (χ1v) is 11.4. The predicted octanol–water partition coefficient (Wildman–Crippen LogP) is 3.23. The maximum absolute atomic E-state index is 12.1. The number of anilines is 1. The van der Waals surface area contributed by atoms with Crippen molar-refractivity contribution in [2.45, 2.75) is 44.8 Å². The summed E-state index contributed by atoms with van der Waals surface area (Å²) in [5.41, 5.74) is 2.15. The van der Waals surface area contributed by atoms with Crippen LogP contribution in [0.2, 0.25) is 0 Å². The molecule has 1 heterocycles. The van der Waals surface area contributed by atoms with Crippen LogP contribution in [0.3, 0.4) is 0 Å². The van der Waals surface area contributed by atoms with Crippen molar-refractivity contribution < 1.29 is 13.5 Å². The molecule has 10 heteroatoms. The van der Waals surface area contributed by atoms with Gasteiger partial charge in [-0.15, -0.1) is 24.8 Å². The van der Waals surface area contributed by atoms with Crippen molar-refractivity contribution >= 4 is 40.7 Å². The topological polar surface area (TPSA) is 103 Å². The standard InChI is InChI=1S/C21H30N4O3S.2ClH/c1-21(2,23-15-20(26)18-4-3-11-22-14-18)12-16-7-9-19(10-8-16)25-29(27,28)24-13-17-5-6-17;;/h3-4,7-11,14,17,20,23-26H,5-6,12-13,15H2,1-2H3;2*1H/t20-;;/m0../s1. The Morgan fingerprint density at radius 1 is 1.16 bits per heavy atom. The summed E-state index contributed by atoms with van der Waals surface area (Å²) in [6.07, 6.45) is 5.65. The lowest BCUT2D eigenvalue weighted by Crippen LogP contribution is -2.43. The molecule has 3 rings (SSSR count). The SMILES string of the molecule is CC(C)(Cc1ccc(NS(=O)(=O)NCC2CC2)cc1)NC[C@H](O)c1cccnc1.Cl.Cl. The van der Waals surface area contributed by atoms with E-state index in [1.165, 1.54) is 0 Å². The van der Waals surface area contributed by atoms with Gasteiger partial charge in [-0.3, -0.25) is 9.71 Å². The van der Waals surface area contributed by atoms with E-state index in [0.29, 0.717) is 24.7 Å². The average Bonchev–Trinajstić information content (AvgIpc) is 3.51. The number of pyridine rings is 1. The quantitative estimate of drug-likeness (QED) is 0.387. The molecule has 31 heavy (non-hydrogen) atoms. The number of hydrogen-bond acceptors (Lipinski definition) is 5. The number of aromatic nitrogens is 1. The number of nitrogens with one attached hydrogen (secondary N) is 3. The Kier molecular flexibility index (Phi) is 10.7. The lowest BCUT2D eigenvalue weighted by atomic mass is 9.94. The first kappa shape index (κ1) is 27.6.